The van der Waals surface area contributed by atoms with E-state index in [0.29, 0.717) is 0 Å². The fraction of sp³-hybridized carbons (Fsp3) is 0.476. The van der Waals surface area contributed by atoms with Crippen molar-refractivity contribution in [2.24, 2.45) is 4.99 Å². The topological polar surface area (TPSA) is 45.7 Å². The number of nitrogens with one attached hydrogen (secondary N) is 2. The van der Waals surface area contributed by atoms with Crippen LogP contribution >= 0.6 is 11.3 Å². The molecular formula is C21H29N3OS. The first-order valence-corrected chi connectivity index (χ1v) is 10.2. The van der Waals surface area contributed by atoms with E-state index in [4.69, 9.17) is 4.74 Å². The van der Waals surface area contributed by atoms with E-state index in [0.717, 1.165) is 51.5 Å². The molecule has 1 fully saturated rings. The molecule has 0 saturated carbocycles. The Morgan fingerprint density at radius 2 is 1.96 bits per heavy atom. The number of aliphatic imine (C=N–C) groups is 1. The van der Waals surface area contributed by atoms with Crippen molar-refractivity contribution in [1.82, 2.24) is 10.6 Å². The van der Waals surface area contributed by atoms with Crippen LogP contribution in [0.5, 0.6) is 0 Å². The van der Waals surface area contributed by atoms with E-state index < -0.39 is 0 Å². The van der Waals surface area contributed by atoms with Crippen molar-refractivity contribution in [2.45, 2.75) is 31.6 Å². The van der Waals surface area contributed by atoms with Crippen LogP contribution in [0.3, 0.4) is 0 Å². The van der Waals surface area contributed by atoms with E-state index in [1.54, 1.807) is 11.3 Å². The van der Waals surface area contributed by atoms with Crippen LogP contribution in [0.25, 0.3) is 0 Å². The van der Waals surface area contributed by atoms with Gasteiger partial charge in [0.05, 0.1) is 0 Å². The molecule has 1 aliphatic rings. The van der Waals surface area contributed by atoms with Crippen molar-refractivity contribution in [3.8, 4) is 0 Å². The molecule has 0 atom stereocenters. The number of ether oxygens (including phenoxy) is 1. The first-order valence-electron chi connectivity index (χ1n) is 9.34. The molecular weight excluding hydrogens is 342 g/mol. The van der Waals surface area contributed by atoms with E-state index >= 15 is 0 Å². The van der Waals surface area contributed by atoms with Crippen molar-refractivity contribution >= 4 is 17.3 Å². The number of hydrogen-bond acceptors (Lipinski definition) is 3. The van der Waals surface area contributed by atoms with Crippen molar-refractivity contribution in [2.75, 3.05) is 33.4 Å². The Kier molecular flexibility index (Phi) is 6.69. The lowest BCUT2D eigenvalue weighted by atomic mass is 9.72. The quantitative estimate of drug-likeness (QED) is 0.603. The van der Waals surface area contributed by atoms with Crippen LogP contribution in [0.15, 0.2) is 46.8 Å². The highest BCUT2D eigenvalue weighted by Crippen LogP contribution is 2.36. The zero-order chi connectivity index (χ0) is 18.2. The molecule has 0 radical (unpaired) electrons. The third kappa shape index (κ3) is 4.65. The molecule has 1 saturated heterocycles. The maximum absolute atomic E-state index is 5.65. The molecule has 3 rings (SSSR count). The Balaban J connectivity index is 1.62. The lowest BCUT2D eigenvalue weighted by Crippen LogP contribution is -2.48. The molecule has 0 aliphatic carbocycles. The van der Waals surface area contributed by atoms with Gasteiger partial charge in [0.2, 0.25) is 0 Å². The largest absolute Gasteiger partial charge is 0.381 e. The lowest BCUT2D eigenvalue weighted by molar-refractivity contribution is 0.0512. The molecule has 0 bridgehead atoms. The van der Waals surface area contributed by atoms with Gasteiger partial charge < -0.3 is 15.4 Å². The summed E-state index contributed by atoms with van der Waals surface area (Å²) in [6, 6.07) is 13.0. The maximum atomic E-state index is 5.65. The minimum absolute atomic E-state index is 0.106. The highest BCUT2D eigenvalue weighted by molar-refractivity contribution is 7.09. The highest BCUT2D eigenvalue weighted by Gasteiger charge is 2.35. The van der Waals surface area contributed by atoms with Crippen LogP contribution in [0, 0.1) is 6.92 Å². The molecule has 140 valence electrons. The number of thiophene rings is 1. The van der Waals surface area contributed by atoms with E-state index in [1.807, 2.05) is 7.05 Å². The molecule has 1 aromatic heterocycles. The molecule has 2 N–H and O–H groups in total. The molecule has 1 aromatic carbocycles. The normalized spacial score (nSPS) is 17.1. The average molecular weight is 372 g/mol. The van der Waals surface area contributed by atoms with Crippen LogP contribution in [0.4, 0.5) is 0 Å². The van der Waals surface area contributed by atoms with Gasteiger partial charge in [-0.05, 0) is 48.8 Å². The minimum Gasteiger partial charge on any atom is -0.381 e. The third-order valence-electron chi connectivity index (χ3n) is 5.23. The molecule has 2 heterocycles. The van der Waals surface area contributed by atoms with E-state index in [9.17, 15) is 0 Å². The van der Waals surface area contributed by atoms with Gasteiger partial charge in [0.15, 0.2) is 5.96 Å². The van der Waals surface area contributed by atoms with Crippen molar-refractivity contribution < 1.29 is 4.74 Å². The second-order valence-electron chi connectivity index (χ2n) is 6.89. The van der Waals surface area contributed by atoms with Gasteiger partial charge >= 0.3 is 0 Å². The predicted molar refractivity (Wildman–Crippen MR) is 110 cm³/mol. The average Bonchev–Trinajstić information content (AvgIpc) is 3.19. The summed E-state index contributed by atoms with van der Waals surface area (Å²) in [5, 5.41) is 9.14. The van der Waals surface area contributed by atoms with Crippen LogP contribution in [-0.4, -0.2) is 39.3 Å². The number of nitrogens with zero attached hydrogens (tertiary/aromatic N) is 1. The Labute approximate surface area is 160 Å². The number of guanidine groups is 1. The Hall–Kier alpha value is -1.85. The van der Waals surface area contributed by atoms with E-state index in [2.05, 4.69) is 64.3 Å². The molecule has 2 aromatic rings. The highest BCUT2D eigenvalue weighted by atomic mass is 32.1. The van der Waals surface area contributed by atoms with Gasteiger partial charge in [-0.3, -0.25) is 4.99 Å². The molecule has 0 amide bonds. The Morgan fingerprint density at radius 3 is 2.65 bits per heavy atom. The molecule has 4 nitrogen and oxygen atoms in total. The van der Waals surface area contributed by atoms with Gasteiger partial charge in [-0.15, -0.1) is 11.3 Å². The second kappa shape index (κ2) is 9.19. The summed E-state index contributed by atoms with van der Waals surface area (Å²) >= 11 is 1.80. The molecule has 1 aliphatic heterocycles. The van der Waals surface area contributed by atoms with Crippen molar-refractivity contribution in [1.29, 1.82) is 0 Å². The van der Waals surface area contributed by atoms with Gasteiger partial charge in [-0.2, -0.15) is 0 Å². The van der Waals surface area contributed by atoms with Crippen LogP contribution in [-0.2, 0) is 16.6 Å². The van der Waals surface area contributed by atoms with Crippen LogP contribution in [0.1, 0.15) is 28.8 Å². The monoisotopic (exact) mass is 371 g/mol. The van der Waals surface area contributed by atoms with Gasteiger partial charge in [0.25, 0.3) is 0 Å². The minimum atomic E-state index is 0.106. The molecule has 26 heavy (non-hydrogen) atoms. The number of rotatable bonds is 6. The molecule has 0 spiro atoms. The maximum Gasteiger partial charge on any atom is 0.191 e. The fourth-order valence-corrected chi connectivity index (χ4v) is 4.41. The number of hydrogen-bond donors (Lipinski definition) is 2. The Bertz CT molecular complexity index is 706. The molecule has 0 unspecified atom stereocenters. The van der Waals surface area contributed by atoms with E-state index in [1.165, 1.54) is 16.0 Å². The summed E-state index contributed by atoms with van der Waals surface area (Å²) in [5.41, 5.74) is 2.90. The summed E-state index contributed by atoms with van der Waals surface area (Å²) in [5.74, 6) is 0.876. The number of aryl methyl sites for hydroxylation is 1. The standard InChI is InChI=1S/C21H29N3OS/c1-17-6-3-4-8-19(17)21(10-13-25-14-11-21)16-24-20(22-2)23-12-9-18-7-5-15-26-18/h3-8,15H,9-14,16H2,1-2H3,(H2,22,23,24). The zero-order valence-electron chi connectivity index (χ0n) is 15.8. The summed E-state index contributed by atoms with van der Waals surface area (Å²) < 4.78 is 5.65. The molecule has 5 heteroatoms. The van der Waals surface area contributed by atoms with Gasteiger partial charge in [0, 0.05) is 43.6 Å². The third-order valence-corrected chi connectivity index (χ3v) is 6.16. The van der Waals surface area contributed by atoms with Crippen molar-refractivity contribution in [3.05, 3.63) is 57.8 Å². The lowest BCUT2D eigenvalue weighted by Gasteiger charge is -2.39. The van der Waals surface area contributed by atoms with Crippen molar-refractivity contribution in [3.63, 3.8) is 0 Å². The predicted octanol–water partition coefficient (Wildman–Crippen LogP) is 3.51. The van der Waals surface area contributed by atoms with Crippen LogP contribution in [0.2, 0.25) is 0 Å². The smallest absolute Gasteiger partial charge is 0.191 e. The Morgan fingerprint density at radius 1 is 1.15 bits per heavy atom. The van der Waals surface area contributed by atoms with Gasteiger partial charge in [-0.25, -0.2) is 0 Å². The summed E-state index contributed by atoms with van der Waals surface area (Å²) in [6.07, 6.45) is 3.10. The fourth-order valence-electron chi connectivity index (χ4n) is 3.70. The summed E-state index contributed by atoms with van der Waals surface area (Å²) in [4.78, 5) is 5.80. The first kappa shape index (κ1) is 18.9. The van der Waals surface area contributed by atoms with Crippen LogP contribution < -0.4 is 10.6 Å². The second-order valence-corrected chi connectivity index (χ2v) is 7.92. The van der Waals surface area contributed by atoms with Gasteiger partial charge in [-0.1, -0.05) is 30.3 Å². The number of benzene rings is 1. The zero-order valence-corrected chi connectivity index (χ0v) is 16.6. The summed E-state index contributed by atoms with van der Waals surface area (Å²) in [7, 11) is 1.84. The first-order chi connectivity index (χ1) is 12.7. The van der Waals surface area contributed by atoms with Gasteiger partial charge in [0.1, 0.15) is 0 Å². The SMILES string of the molecule is CN=C(NCCc1cccs1)NCC1(c2ccccc2C)CCOCC1. The van der Waals surface area contributed by atoms with E-state index in [-0.39, 0.29) is 5.41 Å². The summed E-state index contributed by atoms with van der Waals surface area (Å²) in [6.45, 7) is 5.61.